The Morgan fingerprint density at radius 3 is 2.72 bits per heavy atom. The lowest BCUT2D eigenvalue weighted by Gasteiger charge is -2.19. The van der Waals surface area contributed by atoms with Crippen LogP contribution in [0.2, 0.25) is 0 Å². The van der Waals surface area contributed by atoms with Crippen LogP contribution in [0.25, 0.3) is 0 Å². The van der Waals surface area contributed by atoms with Crippen LogP contribution in [0, 0.1) is 6.92 Å². The minimum atomic E-state index is 0.103. The first-order chi connectivity index (χ1) is 12.0. The Morgan fingerprint density at radius 1 is 1.28 bits per heavy atom. The number of nitrogens with one attached hydrogen (secondary N) is 1. The van der Waals surface area contributed by atoms with Crippen molar-refractivity contribution in [2.75, 3.05) is 18.0 Å². The predicted octanol–water partition coefficient (Wildman–Crippen LogP) is 3.45. The van der Waals surface area contributed by atoms with Gasteiger partial charge in [-0.15, -0.1) is 0 Å². The number of carbonyl (C=O) groups is 1. The van der Waals surface area contributed by atoms with Gasteiger partial charge >= 0.3 is 0 Å². The molecule has 0 aliphatic carbocycles. The van der Waals surface area contributed by atoms with Crippen molar-refractivity contribution in [1.82, 2.24) is 10.3 Å². The molecule has 1 amide bonds. The highest BCUT2D eigenvalue weighted by molar-refractivity contribution is 5.79. The molecule has 1 atom stereocenters. The molecule has 25 heavy (non-hydrogen) atoms. The van der Waals surface area contributed by atoms with E-state index in [1.807, 2.05) is 12.4 Å². The van der Waals surface area contributed by atoms with E-state index in [9.17, 15) is 4.79 Å². The number of carbonyl (C=O) groups excluding carboxylic acids is 1. The van der Waals surface area contributed by atoms with Crippen LogP contribution in [-0.4, -0.2) is 30.0 Å². The number of pyridine rings is 1. The van der Waals surface area contributed by atoms with Gasteiger partial charge < -0.3 is 10.2 Å². The van der Waals surface area contributed by atoms with Crippen LogP contribution in [0.4, 0.5) is 5.69 Å². The first-order valence-electron chi connectivity index (χ1n) is 9.06. The van der Waals surface area contributed by atoms with Crippen molar-refractivity contribution in [2.45, 2.75) is 45.6 Å². The topological polar surface area (TPSA) is 45.2 Å². The summed E-state index contributed by atoms with van der Waals surface area (Å²) in [5.74, 6) is 0.620. The number of anilines is 1. The molecule has 1 saturated heterocycles. The quantitative estimate of drug-likeness (QED) is 0.909. The lowest BCUT2D eigenvalue weighted by atomic mass is 10.0. The minimum Gasteiger partial charge on any atom is -0.368 e. The molecule has 1 aromatic carbocycles. The average Bonchev–Trinajstić information content (AvgIpc) is 3.03. The van der Waals surface area contributed by atoms with Crippen LogP contribution < -0.4 is 10.2 Å². The number of amides is 1. The number of nitrogens with zero attached hydrogens (tertiary/aromatic N) is 2. The maximum absolute atomic E-state index is 12.3. The molecule has 1 aliphatic heterocycles. The molecule has 0 bridgehead atoms. The number of rotatable bonds is 5. The average molecular weight is 337 g/mol. The Hall–Kier alpha value is -2.36. The smallest absolute Gasteiger partial charge is 0.224 e. The van der Waals surface area contributed by atoms with Crippen LogP contribution in [0.1, 0.15) is 42.9 Å². The van der Waals surface area contributed by atoms with Gasteiger partial charge in [-0.05, 0) is 42.0 Å². The second-order valence-electron chi connectivity index (χ2n) is 7.29. The van der Waals surface area contributed by atoms with Gasteiger partial charge in [0.25, 0.3) is 0 Å². The molecule has 0 unspecified atom stereocenters. The lowest BCUT2D eigenvalue weighted by molar-refractivity contribution is -0.121. The molecule has 1 N–H and O–H groups in total. The summed E-state index contributed by atoms with van der Waals surface area (Å²) in [4.78, 5) is 18.9. The third kappa shape index (κ3) is 4.59. The maximum atomic E-state index is 12.3. The Morgan fingerprint density at radius 2 is 2.04 bits per heavy atom. The Balaban J connectivity index is 1.52. The third-order valence-corrected chi connectivity index (χ3v) is 4.79. The van der Waals surface area contributed by atoms with E-state index < -0.39 is 0 Å². The molecular formula is C21H27N3O. The summed E-state index contributed by atoms with van der Waals surface area (Å²) in [5, 5.41) is 3.18. The van der Waals surface area contributed by atoms with E-state index in [2.05, 4.69) is 66.3 Å². The van der Waals surface area contributed by atoms with Crippen molar-refractivity contribution < 1.29 is 4.79 Å². The van der Waals surface area contributed by atoms with Crippen molar-refractivity contribution >= 4 is 11.6 Å². The molecular weight excluding hydrogens is 310 g/mol. The molecule has 0 radical (unpaired) electrons. The summed E-state index contributed by atoms with van der Waals surface area (Å²) in [6, 6.07) is 10.7. The van der Waals surface area contributed by atoms with Crippen LogP contribution in [-0.2, 0) is 11.2 Å². The fraction of sp³-hybridized carbons (Fsp3) is 0.429. The summed E-state index contributed by atoms with van der Waals surface area (Å²) < 4.78 is 0. The van der Waals surface area contributed by atoms with Gasteiger partial charge in [-0.1, -0.05) is 38.1 Å². The van der Waals surface area contributed by atoms with E-state index in [0.29, 0.717) is 12.3 Å². The summed E-state index contributed by atoms with van der Waals surface area (Å²) in [5.41, 5.74) is 4.68. The molecule has 4 heteroatoms. The number of hydrogen-bond donors (Lipinski definition) is 1. The number of benzene rings is 1. The minimum absolute atomic E-state index is 0.103. The van der Waals surface area contributed by atoms with E-state index in [1.165, 1.54) is 5.56 Å². The molecule has 2 heterocycles. The van der Waals surface area contributed by atoms with Gasteiger partial charge in [0.15, 0.2) is 0 Å². The van der Waals surface area contributed by atoms with Crippen LogP contribution >= 0.6 is 0 Å². The molecule has 1 aromatic heterocycles. The normalized spacial score (nSPS) is 17.1. The Bertz CT molecular complexity index is 724. The summed E-state index contributed by atoms with van der Waals surface area (Å²) >= 11 is 0. The fourth-order valence-electron chi connectivity index (χ4n) is 3.31. The van der Waals surface area contributed by atoms with Crippen molar-refractivity contribution in [1.29, 1.82) is 0 Å². The molecule has 3 rings (SSSR count). The third-order valence-electron chi connectivity index (χ3n) is 4.79. The number of aromatic nitrogens is 1. The van der Waals surface area contributed by atoms with E-state index in [4.69, 9.17) is 0 Å². The Kier molecular flexibility index (Phi) is 5.37. The van der Waals surface area contributed by atoms with Gasteiger partial charge in [0.2, 0.25) is 5.91 Å². The zero-order valence-corrected chi connectivity index (χ0v) is 15.3. The summed E-state index contributed by atoms with van der Waals surface area (Å²) in [7, 11) is 0. The van der Waals surface area contributed by atoms with Gasteiger partial charge in [0.1, 0.15) is 0 Å². The van der Waals surface area contributed by atoms with Gasteiger partial charge in [-0.2, -0.15) is 0 Å². The highest BCUT2D eigenvalue weighted by Crippen LogP contribution is 2.20. The molecule has 132 valence electrons. The van der Waals surface area contributed by atoms with Crippen molar-refractivity contribution in [2.24, 2.45) is 0 Å². The van der Waals surface area contributed by atoms with Crippen LogP contribution in [0.5, 0.6) is 0 Å². The van der Waals surface area contributed by atoms with E-state index in [0.717, 1.165) is 36.3 Å². The monoisotopic (exact) mass is 337 g/mol. The van der Waals surface area contributed by atoms with Gasteiger partial charge in [-0.25, -0.2) is 0 Å². The van der Waals surface area contributed by atoms with Gasteiger partial charge in [0.05, 0.1) is 18.3 Å². The summed E-state index contributed by atoms with van der Waals surface area (Å²) in [6.45, 7) is 8.22. The molecule has 4 nitrogen and oxygen atoms in total. The second kappa shape index (κ2) is 7.68. The molecule has 1 aliphatic rings. The second-order valence-corrected chi connectivity index (χ2v) is 7.29. The standard InChI is InChI=1S/C21H27N3O/c1-15(2)18-6-4-17(5-7-18)11-21(25)23-19-8-9-24(14-19)20-10-16(3)12-22-13-20/h4-7,10,12-13,15,19H,8-9,11,14H2,1-3H3,(H,23,25)/t19-/m1/s1. The largest absolute Gasteiger partial charge is 0.368 e. The van der Waals surface area contributed by atoms with E-state index >= 15 is 0 Å². The van der Waals surface area contributed by atoms with Gasteiger partial charge in [0, 0.05) is 25.3 Å². The van der Waals surface area contributed by atoms with Gasteiger partial charge in [-0.3, -0.25) is 9.78 Å². The zero-order valence-electron chi connectivity index (χ0n) is 15.3. The van der Waals surface area contributed by atoms with Crippen molar-refractivity contribution in [3.05, 3.63) is 59.4 Å². The van der Waals surface area contributed by atoms with Crippen LogP contribution in [0.3, 0.4) is 0 Å². The first kappa shape index (κ1) is 17.5. The van der Waals surface area contributed by atoms with E-state index in [1.54, 1.807) is 0 Å². The predicted molar refractivity (Wildman–Crippen MR) is 102 cm³/mol. The molecule has 1 fully saturated rings. The van der Waals surface area contributed by atoms with Crippen molar-refractivity contribution in [3.8, 4) is 0 Å². The highest BCUT2D eigenvalue weighted by Gasteiger charge is 2.24. The molecule has 0 saturated carbocycles. The highest BCUT2D eigenvalue weighted by atomic mass is 16.1. The fourth-order valence-corrected chi connectivity index (χ4v) is 3.31. The Labute approximate surface area is 150 Å². The SMILES string of the molecule is Cc1cncc(N2CC[C@@H](NC(=O)Cc3ccc(C(C)C)cc3)C2)c1. The summed E-state index contributed by atoms with van der Waals surface area (Å²) in [6.07, 6.45) is 5.18. The number of aryl methyl sites for hydroxylation is 1. The number of hydrogen-bond acceptors (Lipinski definition) is 3. The first-order valence-corrected chi connectivity index (χ1v) is 9.06. The maximum Gasteiger partial charge on any atom is 0.224 e. The molecule has 2 aromatic rings. The van der Waals surface area contributed by atoms with Crippen LogP contribution in [0.15, 0.2) is 42.7 Å². The molecule has 0 spiro atoms. The van der Waals surface area contributed by atoms with E-state index in [-0.39, 0.29) is 11.9 Å². The lowest BCUT2D eigenvalue weighted by Crippen LogP contribution is -2.38. The van der Waals surface area contributed by atoms with Crippen molar-refractivity contribution in [3.63, 3.8) is 0 Å². The zero-order chi connectivity index (χ0) is 17.8.